The summed E-state index contributed by atoms with van der Waals surface area (Å²) in [6.45, 7) is 6.44. The highest BCUT2D eigenvalue weighted by molar-refractivity contribution is 5.71. The molecule has 0 spiro atoms. The largest absolute Gasteiger partial charge is 0.462 e. The van der Waals surface area contributed by atoms with Crippen molar-refractivity contribution in [2.24, 2.45) is 0 Å². The second-order valence-corrected chi connectivity index (χ2v) is 17.8. The summed E-state index contributed by atoms with van der Waals surface area (Å²) >= 11 is 0. The van der Waals surface area contributed by atoms with Gasteiger partial charge in [-0.05, 0) is 64.2 Å². The van der Waals surface area contributed by atoms with Gasteiger partial charge in [0, 0.05) is 19.3 Å². The zero-order valence-corrected chi connectivity index (χ0v) is 41.6. The molecule has 63 heavy (non-hydrogen) atoms. The van der Waals surface area contributed by atoms with Crippen molar-refractivity contribution in [2.75, 3.05) is 13.2 Å². The van der Waals surface area contributed by atoms with Gasteiger partial charge in [-0.25, -0.2) is 0 Å². The molecule has 0 saturated carbocycles. The van der Waals surface area contributed by atoms with E-state index < -0.39 is 6.10 Å². The van der Waals surface area contributed by atoms with Crippen LogP contribution in [0.5, 0.6) is 0 Å². The third-order valence-electron chi connectivity index (χ3n) is 11.5. The van der Waals surface area contributed by atoms with Gasteiger partial charge < -0.3 is 14.2 Å². The van der Waals surface area contributed by atoms with Gasteiger partial charge in [-0.1, -0.05) is 242 Å². The van der Waals surface area contributed by atoms with E-state index in [0.717, 1.165) is 89.9 Å². The Labute approximate surface area is 390 Å². The number of esters is 3. The Bertz CT molecular complexity index is 1150. The predicted octanol–water partition coefficient (Wildman–Crippen LogP) is 17.6. The van der Waals surface area contributed by atoms with Gasteiger partial charge >= 0.3 is 17.9 Å². The standard InChI is InChI=1S/C57H100O6/c1-4-7-10-13-16-17-18-19-20-21-22-23-24-25-26-27-28-29-30-31-32-33-34-35-36-37-38-39-42-44-47-50-56(59)62-53-54(63-57(60)51-48-45-41-15-12-9-6-3)52-61-55(58)49-46-43-40-14-11-8-5-2/h7,10,16-17,19-20,22-23,25-26,54H,4-6,8-9,11-15,18,21,24,27-53H2,1-3H3/b10-7-,17-16-,20-19-,23-22-,26-25-. The molecule has 6 nitrogen and oxygen atoms in total. The van der Waals surface area contributed by atoms with Crippen molar-refractivity contribution in [2.45, 2.75) is 271 Å². The normalized spacial score (nSPS) is 12.5. The van der Waals surface area contributed by atoms with Gasteiger partial charge in [0.25, 0.3) is 0 Å². The van der Waals surface area contributed by atoms with E-state index in [9.17, 15) is 14.4 Å². The number of rotatable bonds is 48. The molecule has 0 aliphatic heterocycles. The number of hydrogen-bond donors (Lipinski definition) is 0. The summed E-state index contributed by atoms with van der Waals surface area (Å²) < 4.78 is 16.6. The lowest BCUT2D eigenvalue weighted by Crippen LogP contribution is -2.30. The first-order chi connectivity index (χ1) is 31.0. The highest BCUT2D eigenvalue weighted by atomic mass is 16.6. The van der Waals surface area contributed by atoms with Crippen molar-refractivity contribution >= 4 is 17.9 Å². The Morgan fingerprint density at radius 2 is 0.619 bits per heavy atom. The first-order valence-electron chi connectivity index (χ1n) is 26.8. The summed E-state index contributed by atoms with van der Waals surface area (Å²) in [5.74, 6) is -0.879. The lowest BCUT2D eigenvalue weighted by molar-refractivity contribution is -0.167. The van der Waals surface area contributed by atoms with Crippen molar-refractivity contribution in [3.05, 3.63) is 60.8 Å². The molecule has 6 heteroatoms. The van der Waals surface area contributed by atoms with Crippen molar-refractivity contribution in [3.8, 4) is 0 Å². The molecule has 0 aromatic heterocycles. The molecule has 0 aromatic carbocycles. The van der Waals surface area contributed by atoms with Crippen LogP contribution >= 0.6 is 0 Å². The van der Waals surface area contributed by atoms with Crippen LogP contribution in [0.1, 0.15) is 265 Å². The van der Waals surface area contributed by atoms with Crippen LogP contribution in [0.4, 0.5) is 0 Å². The van der Waals surface area contributed by atoms with Crippen molar-refractivity contribution in [1.82, 2.24) is 0 Å². The molecule has 0 radical (unpaired) electrons. The molecule has 364 valence electrons. The zero-order valence-electron chi connectivity index (χ0n) is 41.6. The molecule has 1 atom stereocenters. The molecule has 0 N–H and O–H groups in total. The van der Waals surface area contributed by atoms with Gasteiger partial charge in [0.05, 0.1) is 0 Å². The predicted molar refractivity (Wildman–Crippen MR) is 270 cm³/mol. The summed E-state index contributed by atoms with van der Waals surface area (Å²) in [6.07, 6.45) is 64.1. The van der Waals surface area contributed by atoms with Gasteiger partial charge in [-0.3, -0.25) is 14.4 Å². The van der Waals surface area contributed by atoms with Gasteiger partial charge in [0.1, 0.15) is 13.2 Å². The zero-order chi connectivity index (χ0) is 45.8. The minimum atomic E-state index is -0.764. The number of unbranched alkanes of at least 4 members (excludes halogenated alkanes) is 27. The second kappa shape index (κ2) is 51.7. The first kappa shape index (κ1) is 60.1. The number of carbonyl (C=O) groups is 3. The van der Waals surface area contributed by atoms with Gasteiger partial charge in [0.15, 0.2) is 6.10 Å². The molecule has 0 heterocycles. The maximum atomic E-state index is 12.6. The SMILES string of the molecule is CC/C=C\C/C=C\C/C=C\C/C=C\C/C=C\CCCCCCCCCCCCCCCCCC(=O)OCC(COC(=O)CCCCCCCCC)OC(=O)CCCCCCCCC. The van der Waals surface area contributed by atoms with Crippen molar-refractivity contribution < 1.29 is 28.6 Å². The van der Waals surface area contributed by atoms with Crippen molar-refractivity contribution in [3.63, 3.8) is 0 Å². The fourth-order valence-corrected chi connectivity index (χ4v) is 7.53. The van der Waals surface area contributed by atoms with E-state index >= 15 is 0 Å². The highest BCUT2D eigenvalue weighted by Crippen LogP contribution is 2.16. The van der Waals surface area contributed by atoms with E-state index in [1.165, 1.54) is 135 Å². The fourth-order valence-electron chi connectivity index (χ4n) is 7.53. The summed E-state index contributed by atoms with van der Waals surface area (Å²) in [5.41, 5.74) is 0. The molecule has 0 fully saturated rings. The summed E-state index contributed by atoms with van der Waals surface area (Å²) in [7, 11) is 0. The molecule has 0 amide bonds. The lowest BCUT2D eigenvalue weighted by Gasteiger charge is -2.18. The van der Waals surface area contributed by atoms with E-state index in [0.29, 0.717) is 19.3 Å². The third-order valence-corrected chi connectivity index (χ3v) is 11.5. The Morgan fingerprint density at radius 3 is 0.968 bits per heavy atom. The fraction of sp³-hybridized carbons (Fsp3) is 0.772. The van der Waals surface area contributed by atoms with Crippen LogP contribution in [-0.2, 0) is 28.6 Å². The Hall–Kier alpha value is -2.89. The maximum absolute atomic E-state index is 12.6. The van der Waals surface area contributed by atoms with E-state index in [4.69, 9.17) is 14.2 Å². The van der Waals surface area contributed by atoms with Gasteiger partial charge in [-0.15, -0.1) is 0 Å². The van der Waals surface area contributed by atoms with E-state index in [1.807, 2.05) is 0 Å². The van der Waals surface area contributed by atoms with Crippen LogP contribution in [0, 0.1) is 0 Å². The van der Waals surface area contributed by atoms with Crippen LogP contribution in [-0.4, -0.2) is 37.2 Å². The Kier molecular flexibility index (Phi) is 49.4. The lowest BCUT2D eigenvalue weighted by atomic mass is 10.0. The average molecular weight is 881 g/mol. The van der Waals surface area contributed by atoms with Crippen LogP contribution in [0.25, 0.3) is 0 Å². The molecular formula is C57H100O6. The quantitative estimate of drug-likeness (QED) is 0.0262. The number of hydrogen-bond acceptors (Lipinski definition) is 6. The molecule has 0 aromatic rings. The van der Waals surface area contributed by atoms with Crippen LogP contribution < -0.4 is 0 Å². The van der Waals surface area contributed by atoms with Crippen molar-refractivity contribution in [1.29, 1.82) is 0 Å². The number of allylic oxidation sites excluding steroid dienone is 10. The highest BCUT2D eigenvalue weighted by Gasteiger charge is 2.19. The topological polar surface area (TPSA) is 78.9 Å². The smallest absolute Gasteiger partial charge is 0.306 e. The number of ether oxygens (including phenoxy) is 3. The average Bonchev–Trinajstić information content (AvgIpc) is 3.28. The first-order valence-corrected chi connectivity index (χ1v) is 26.8. The molecule has 0 bridgehead atoms. The molecule has 0 rings (SSSR count). The van der Waals surface area contributed by atoms with Gasteiger partial charge in [0.2, 0.25) is 0 Å². The van der Waals surface area contributed by atoms with E-state index in [2.05, 4.69) is 81.5 Å². The molecule has 1 unspecified atom stereocenters. The summed E-state index contributed by atoms with van der Waals surface area (Å²) in [5, 5.41) is 0. The maximum Gasteiger partial charge on any atom is 0.306 e. The Morgan fingerprint density at radius 1 is 0.333 bits per heavy atom. The number of carbonyl (C=O) groups excluding carboxylic acids is 3. The second-order valence-electron chi connectivity index (χ2n) is 17.8. The monoisotopic (exact) mass is 881 g/mol. The molecular weight excluding hydrogens is 781 g/mol. The summed E-state index contributed by atoms with van der Waals surface area (Å²) in [4.78, 5) is 37.6. The minimum absolute atomic E-state index is 0.0706. The third kappa shape index (κ3) is 50.0. The minimum Gasteiger partial charge on any atom is -0.462 e. The van der Waals surface area contributed by atoms with E-state index in [-0.39, 0.29) is 31.1 Å². The van der Waals surface area contributed by atoms with Gasteiger partial charge in [-0.2, -0.15) is 0 Å². The molecule has 0 aliphatic rings. The molecule has 0 saturated heterocycles. The van der Waals surface area contributed by atoms with Crippen LogP contribution in [0.2, 0.25) is 0 Å². The van der Waals surface area contributed by atoms with Crippen LogP contribution in [0.3, 0.4) is 0 Å². The van der Waals surface area contributed by atoms with E-state index in [1.54, 1.807) is 0 Å². The van der Waals surface area contributed by atoms with Crippen LogP contribution in [0.15, 0.2) is 60.8 Å². The summed E-state index contributed by atoms with van der Waals surface area (Å²) in [6, 6.07) is 0. The molecule has 0 aliphatic carbocycles. The Balaban J connectivity index is 3.91.